The van der Waals surface area contributed by atoms with Gasteiger partial charge in [-0.15, -0.1) is 0 Å². The summed E-state index contributed by atoms with van der Waals surface area (Å²) in [6, 6.07) is 22.0. The number of aromatic carboxylic acids is 1. The lowest BCUT2D eigenvalue weighted by Crippen LogP contribution is -2.30. The van der Waals surface area contributed by atoms with Crippen molar-refractivity contribution in [1.29, 1.82) is 0 Å². The molecule has 3 atom stereocenters. The molecule has 1 heterocycles. The van der Waals surface area contributed by atoms with Crippen LogP contribution in [-0.2, 0) is 6.42 Å². The Morgan fingerprint density at radius 3 is 2.67 bits per heavy atom. The monoisotopic (exact) mass is 375 g/mol. The fourth-order valence-electron chi connectivity index (χ4n) is 4.72. The molecule has 0 radical (unpaired) electrons. The second-order valence-corrected chi connectivity index (χ2v) is 7.77. The number of hydrogen-bond acceptors (Lipinski definition) is 2. The number of rotatable bonds is 2. The number of fused-ring (bicyclic) bond motifs is 5. The molecule has 0 unspecified atom stereocenters. The molecule has 1 aliphatic carbocycles. The molecule has 0 bridgehead atoms. The Bertz CT molecular complexity index is 1060. The van der Waals surface area contributed by atoms with E-state index in [4.69, 9.17) is 11.6 Å². The fourth-order valence-corrected chi connectivity index (χ4v) is 4.92. The Morgan fingerprint density at radius 1 is 1.00 bits per heavy atom. The molecule has 3 aromatic rings. The van der Waals surface area contributed by atoms with Gasteiger partial charge in [0.15, 0.2) is 0 Å². The smallest absolute Gasteiger partial charge is 0.335 e. The Labute approximate surface area is 162 Å². The summed E-state index contributed by atoms with van der Waals surface area (Å²) in [6.45, 7) is 0. The molecule has 0 spiro atoms. The van der Waals surface area contributed by atoms with Gasteiger partial charge in [-0.05, 0) is 64.9 Å². The first-order valence-corrected chi connectivity index (χ1v) is 9.46. The summed E-state index contributed by atoms with van der Waals surface area (Å²) >= 11 is 6.26. The lowest BCUT2D eigenvalue weighted by atomic mass is 9.75. The van der Waals surface area contributed by atoms with E-state index in [9.17, 15) is 9.90 Å². The highest BCUT2D eigenvalue weighted by Gasteiger charge is 2.43. The van der Waals surface area contributed by atoms with Crippen molar-refractivity contribution in [3.8, 4) is 0 Å². The zero-order valence-corrected chi connectivity index (χ0v) is 15.3. The predicted molar refractivity (Wildman–Crippen MR) is 107 cm³/mol. The van der Waals surface area contributed by atoms with Crippen molar-refractivity contribution < 1.29 is 9.90 Å². The van der Waals surface area contributed by atoms with Crippen LogP contribution >= 0.6 is 11.6 Å². The highest BCUT2D eigenvalue weighted by molar-refractivity contribution is 6.30. The normalized spacial score (nSPS) is 22.3. The predicted octanol–water partition coefficient (Wildman–Crippen LogP) is 5.51. The molecule has 2 aliphatic rings. The van der Waals surface area contributed by atoms with Crippen LogP contribution < -0.4 is 5.32 Å². The van der Waals surface area contributed by atoms with Crippen LogP contribution in [0, 0.1) is 5.92 Å². The summed E-state index contributed by atoms with van der Waals surface area (Å²) in [7, 11) is 0. The molecule has 3 nitrogen and oxygen atoms in total. The van der Waals surface area contributed by atoms with Gasteiger partial charge in [-0.3, -0.25) is 0 Å². The Morgan fingerprint density at radius 2 is 1.85 bits per heavy atom. The summed E-state index contributed by atoms with van der Waals surface area (Å²) in [4.78, 5) is 11.5. The third kappa shape index (κ3) is 2.62. The van der Waals surface area contributed by atoms with Gasteiger partial charge in [-0.2, -0.15) is 0 Å². The van der Waals surface area contributed by atoms with Crippen LogP contribution in [0.4, 0.5) is 5.69 Å². The molecule has 134 valence electrons. The summed E-state index contributed by atoms with van der Waals surface area (Å²) < 4.78 is 0. The lowest BCUT2D eigenvalue weighted by Gasteiger charge is -2.38. The van der Waals surface area contributed by atoms with Crippen LogP contribution in [0.25, 0.3) is 0 Å². The van der Waals surface area contributed by atoms with Gasteiger partial charge in [0, 0.05) is 16.6 Å². The molecule has 0 fully saturated rings. The highest BCUT2D eigenvalue weighted by atomic mass is 35.5. The molecule has 4 heteroatoms. The Kier molecular flexibility index (Phi) is 3.73. The van der Waals surface area contributed by atoms with Crippen molar-refractivity contribution in [2.45, 2.75) is 18.4 Å². The largest absolute Gasteiger partial charge is 0.478 e. The molecule has 2 N–H and O–H groups in total. The molecule has 0 saturated carbocycles. The third-order valence-corrected chi connectivity index (χ3v) is 6.09. The minimum Gasteiger partial charge on any atom is -0.478 e. The van der Waals surface area contributed by atoms with Crippen molar-refractivity contribution >= 4 is 23.3 Å². The van der Waals surface area contributed by atoms with Crippen LogP contribution in [0.2, 0.25) is 5.02 Å². The summed E-state index contributed by atoms with van der Waals surface area (Å²) in [6.07, 6.45) is 0.960. The van der Waals surface area contributed by atoms with E-state index in [0.717, 1.165) is 22.7 Å². The van der Waals surface area contributed by atoms with Gasteiger partial charge in [0.05, 0.1) is 11.6 Å². The lowest BCUT2D eigenvalue weighted by molar-refractivity contribution is 0.0696. The second-order valence-electron chi connectivity index (χ2n) is 7.33. The molecule has 0 saturated heterocycles. The van der Waals surface area contributed by atoms with Crippen molar-refractivity contribution in [3.63, 3.8) is 0 Å². The first-order chi connectivity index (χ1) is 13.1. The number of carbonyl (C=O) groups is 1. The first kappa shape index (κ1) is 16.4. The van der Waals surface area contributed by atoms with Crippen molar-refractivity contribution in [2.24, 2.45) is 5.92 Å². The molecule has 0 aromatic heterocycles. The molecule has 0 amide bonds. The maximum absolute atomic E-state index is 11.5. The van der Waals surface area contributed by atoms with Crippen LogP contribution in [0.15, 0.2) is 66.7 Å². The number of halogens is 1. The van der Waals surface area contributed by atoms with E-state index in [2.05, 4.69) is 35.6 Å². The Balaban J connectivity index is 1.69. The first-order valence-electron chi connectivity index (χ1n) is 9.09. The highest BCUT2D eigenvalue weighted by Crippen LogP contribution is 2.54. The number of hydrogen-bond donors (Lipinski definition) is 2. The molecular weight excluding hydrogens is 358 g/mol. The molecule has 3 aromatic carbocycles. The number of carboxylic acids is 1. The maximum Gasteiger partial charge on any atom is 0.335 e. The molecule has 1 aliphatic heterocycles. The van der Waals surface area contributed by atoms with E-state index >= 15 is 0 Å². The van der Waals surface area contributed by atoms with Gasteiger partial charge in [-0.25, -0.2) is 4.79 Å². The van der Waals surface area contributed by atoms with Crippen molar-refractivity contribution in [2.75, 3.05) is 5.32 Å². The quantitative estimate of drug-likeness (QED) is 0.621. The van der Waals surface area contributed by atoms with Gasteiger partial charge in [0.2, 0.25) is 0 Å². The van der Waals surface area contributed by atoms with E-state index in [-0.39, 0.29) is 12.0 Å². The van der Waals surface area contributed by atoms with Gasteiger partial charge < -0.3 is 10.4 Å². The summed E-state index contributed by atoms with van der Waals surface area (Å²) in [5.74, 6) is -0.393. The van der Waals surface area contributed by atoms with E-state index in [1.54, 1.807) is 6.07 Å². The second kappa shape index (κ2) is 6.14. The van der Waals surface area contributed by atoms with Crippen molar-refractivity contribution in [1.82, 2.24) is 0 Å². The van der Waals surface area contributed by atoms with Crippen LogP contribution in [-0.4, -0.2) is 11.1 Å². The number of benzene rings is 3. The fraction of sp³-hybridized carbons (Fsp3) is 0.174. The topological polar surface area (TPSA) is 49.3 Å². The minimum absolute atomic E-state index is 0.129. The van der Waals surface area contributed by atoms with Gasteiger partial charge >= 0.3 is 5.97 Å². The van der Waals surface area contributed by atoms with Crippen molar-refractivity contribution in [3.05, 3.63) is 99.6 Å². The zero-order chi connectivity index (χ0) is 18.5. The average molecular weight is 376 g/mol. The summed E-state index contributed by atoms with van der Waals surface area (Å²) in [5.41, 5.74) is 6.22. The van der Waals surface area contributed by atoms with E-state index < -0.39 is 5.97 Å². The third-order valence-electron chi connectivity index (χ3n) is 5.85. The number of anilines is 1. The Hall–Kier alpha value is -2.78. The number of carboxylic acid groups (broad SMARTS) is 1. The average Bonchev–Trinajstić information content (AvgIpc) is 3.06. The van der Waals surface area contributed by atoms with Crippen LogP contribution in [0.5, 0.6) is 0 Å². The minimum atomic E-state index is -0.891. The standard InChI is InChI=1S/C23H18ClNO2/c24-16-6-3-5-14(10-16)22-19-11-13-4-1-2-7-17(13)21(19)18-12-15(23(26)27)8-9-20(18)25-22/h1-10,12,19,21-22,25H,11H2,(H,26,27)/t19-,21+,22+/m0/s1. The van der Waals surface area contributed by atoms with E-state index in [0.29, 0.717) is 11.5 Å². The van der Waals surface area contributed by atoms with Crippen LogP contribution in [0.3, 0.4) is 0 Å². The SMILES string of the molecule is O=C(O)c1ccc2c(c1)[C@H]1c3ccccc3C[C@@H]1[C@@H](c1cccc(Cl)c1)N2. The maximum atomic E-state index is 11.5. The molecular formula is C23H18ClNO2. The van der Waals surface area contributed by atoms with E-state index in [1.807, 2.05) is 30.3 Å². The molecule has 27 heavy (non-hydrogen) atoms. The molecule has 5 rings (SSSR count). The van der Waals surface area contributed by atoms with E-state index in [1.165, 1.54) is 16.7 Å². The van der Waals surface area contributed by atoms with Crippen LogP contribution in [0.1, 0.15) is 44.6 Å². The zero-order valence-electron chi connectivity index (χ0n) is 14.5. The van der Waals surface area contributed by atoms with Gasteiger partial charge in [0.1, 0.15) is 0 Å². The van der Waals surface area contributed by atoms with Gasteiger partial charge in [-0.1, -0.05) is 48.0 Å². The summed E-state index contributed by atoms with van der Waals surface area (Å²) in [5, 5.41) is 13.8. The number of nitrogens with one attached hydrogen (secondary N) is 1. The van der Waals surface area contributed by atoms with Gasteiger partial charge in [0.25, 0.3) is 0 Å².